The summed E-state index contributed by atoms with van der Waals surface area (Å²) in [6, 6.07) is 13.4. The molecular formula is C39H38N2O12S3. The normalized spacial score (nSPS) is 12.7. The zero-order valence-corrected chi connectivity index (χ0v) is 33.9. The number of ether oxygens (including phenoxy) is 2. The van der Waals surface area contributed by atoms with Crippen molar-refractivity contribution >= 4 is 58.4 Å². The van der Waals surface area contributed by atoms with E-state index in [4.69, 9.17) is 13.9 Å². The second kappa shape index (κ2) is 14.3. The topological polar surface area (TPSA) is 219 Å². The first-order chi connectivity index (χ1) is 26.1. The van der Waals surface area contributed by atoms with E-state index in [1.807, 2.05) is 19.9 Å². The van der Waals surface area contributed by atoms with Crippen LogP contribution in [-0.4, -0.2) is 53.1 Å². The fourth-order valence-corrected chi connectivity index (χ4v) is 9.29. The lowest BCUT2D eigenvalue weighted by molar-refractivity contribution is 0.408. The van der Waals surface area contributed by atoms with Crippen LogP contribution < -0.4 is 20.1 Å². The summed E-state index contributed by atoms with van der Waals surface area (Å²) in [5, 5.41) is 2.74. The first-order valence-corrected chi connectivity index (χ1v) is 21.1. The molecule has 56 heavy (non-hydrogen) atoms. The molecule has 0 aromatic heterocycles. The highest BCUT2D eigenvalue weighted by atomic mass is 32.2. The zero-order chi connectivity index (χ0) is 41.2. The minimum atomic E-state index is -5.07. The standard InChI is InChI=1S/C39H38N2O12S3/c1-19-13-21(3)38(51-7)23(5)36(19)40-28-17-30-26(15-33(28)55(45,46)47)35(25-11-9-10-12-32(25)54(42,43)44)27-16-34(56(48,49)50)29(18-31(27)53-30)41-37-20(2)14-22(4)39(52-8)24(37)6/h9-18,40H,1-8H3,(H,42,43,44)(H,45,46,47)(H,48,49,50). The number of rotatable bonds is 9. The average molecular weight is 823 g/mol. The monoisotopic (exact) mass is 822 g/mol. The van der Waals surface area contributed by atoms with Gasteiger partial charge in [-0.3, -0.25) is 13.7 Å². The Kier molecular flexibility index (Phi) is 10.3. The van der Waals surface area contributed by atoms with E-state index in [0.717, 1.165) is 29.3 Å². The van der Waals surface area contributed by atoms with Crippen molar-refractivity contribution in [2.24, 2.45) is 4.99 Å². The summed E-state index contributed by atoms with van der Waals surface area (Å²) >= 11 is 0. The van der Waals surface area contributed by atoms with E-state index in [-0.39, 0.29) is 44.5 Å². The predicted octanol–water partition coefficient (Wildman–Crippen LogP) is 7.79. The molecule has 1 aliphatic carbocycles. The molecule has 0 spiro atoms. The molecule has 4 aromatic rings. The second-order valence-electron chi connectivity index (χ2n) is 13.4. The smallest absolute Gasteiger partial charge is 0.296 e. The highest BCUT2D eigenvalue weighted by Crippen LogP contribution is 2.46. The molecule has 0 atom stereocenters. The lowest BCUT2D eigenvalue weighted by atomic mass is 9.93. The van der Waals surface area contributed by atoms with Gasteiger partial charge in [0.1, 0.15) is 37.5 Å². The van der Waals surface area contributed by atoms with E-state index in [1.165, 1.54) is 44.6 Å². The predicted molar refractivity (Wildman–Crippen MR) is 211 cm³/mol. The first-order valence-electron chi connectivity index (χ1n) is 16.8. The number of benzene rings is 5. The van der Waals surface area contributed by atoms with Gasteiger partial charge in [0.15, 0.2) is 0 Å². The number of nitrogens with zero attached hydrogens (tertiary/aromatic N) is 1. The van der Waals surface area contributed by atoms with E-state index < -0.39 is 45.0 Å². The molecule has 0 bridgehead atoms. The van der Waals surface area contributed by atoms with Gasteiger partial charge in [0.05, 0.1) is 31.0 Å². The largest absolute Gasteiger partial charge is 0.496 e. The minimum absolute atomic E-state index is 0.0585. The summed E-state index contributed by atoms with van der Waals surface area (Å²) in [4.78, 5) is 2.70. The second-order valence-corrected chi connectivity index (χ2v) is 17.5. The number of hydrogen-bond acceptors (Lipinski definition) is 11. The molecule has 14 nitrogen and oxygen atoms in total. The molecule has 0 fully saturated rings. The minimum Gasteiger partial charge on any atom is -0.496 e. The summed E-state index contributed by atoms with van der Waals surface area (Å²) in [7, 11) is -12.1. The third kappa shape index (κ3) is 7.24. The van der Waals surface area contributed by atoms with Crippen molar-refractivity contribution < 1.29 is 52.8 Å². The van der Waals surface area contributed by atoms with Crippen LogP contribution in [0.1, 0.15) is 33.4 Å². The molecule has 17 heteroatoms. The average Bonchev–Trinajstić information content (AvgIpc) is 3.09. The Bertz CT molecular complexity index is 3010. The van der Waals surface area contributed by atoms with Crippen LogP contribution in [0.5, 0.6) is 11.5 Å². The molecule has 0 saturated carbocycles. The van der Waals surface area contributed by atoms with Gasteiger partial charge in [0.2, 0.25) is 0 Å². The Morgan fingerprint density at radius 2 is 1.20 bits per heavy atom. The van der Waals surface area contributed by atoms with E-state index in [1.54, 1.807) is 33.8 Å². The van der Waals surface area contributed by atoms with Crippen molar-refractivity contribution in [1.29, 1.82) is 0 Å². The van der Waals surface area contributed by atoms with Gasteiger partial charge in [-0.05, 0) is 82.0 Å². The van der Waals surface area contributed by atoms with Crippen LogP contribution in [0.4, 0.5) is 17.1 Å². The van der Waals surface area contributed by atoms with Gasteiger partial charge < -0.3 is 19.2 Å². The van der Waals surface area contributed by atoms with E-state index >= 15 is 0 Å². The molecule has 4 aromatic carbocycles. The Balaban J connectivity index is 1.82. The fourth-order valence-electron chi connectivity index (χ4n) is 7.30. The molecule has 0 unspecified atom stereocenters. The van der Waals surface area contributed by atoms with Crippen LogP contribution in [0.2, 0.25) is 0 Å². The maximum absolute atomic E-state index is 13.1. The third-order valence-electron chi connectivity index (χ3n) is 9.55. The number of aryl methyl sites for hydroxylation is 4. The van der Waals surface area contributed by atoms with E-state index in [9.17, 15) is 38.9 Å². The van der Waals surface area contributed by atoms with Gasteiger partial charge in [0.25, 0.3) is 30.4 Å². The van der Waals surface area contributed by atoms with Crippen LogP contribution in [0.3, 0.4) is 0 Å². The number of anilines is 2. The van der Waals surface area contributed by atoms with E-state index in [0.29, 0.717) is 45.1 Å². The third-order valence-corrected chi connectivity index (χ3v) is 12.2. The molecular weight excluding hydrogens is 785 g/mol. The number of fused-ring (bicyclic) bond motifs is 2. The Labute approximate surface area is 324 Å². The summed E-state index contributed by atoms with van der Waals surface area (Å²) in [5.74, 6) is 0.970. The zero-order valence-electron chi connectivity index (χ0n) is 31.5. The quantitative estimate of drug-likeness (QED) is 0.0809. The maximum Gasteiger partial charge on any atom is 0.296 e. The lowest BCUT2D eigenvalue weighted by Crippen LogP contribution is -2.16. The summed E-state index contributed by atoms with van der Waals surface area (Å²) in [6.07, 6.45) is 0. The van der Waals surface area contributed by atoms with E-state index in [2.05, 4.69) is 10.3 Å². The summed E-state index contributed by atoms with van der Waals surface area (Å²) < 4.78 is 127. The van der Waals surface area contributed by atoms with Gasteiger partial charge in [-0.25, -0.2) is 4.99 Å². The first kappa shape index (κ1) is 40.4. The Hall–Kier alpha value is -5.30. The molecule has 0 saturated heterocycles. The van der Waals surface area contributed by atoms with Gasteiger partial charge in [-0.1, -0.05) is 30.3 Å². The highest BCUT2D eigenvalue weighted by molar-refractivity contribution is 7.86. The highest BCUT2D eigenvalue weighted by Gasteiger charge is 2.29. The van der Waals surface area contributed by atoms with Crippen molar-refractivity contribution in [2.75, 3.05) is 19.5 Å². The van der Waals surface area contributed by atoms with Gasteiger partial charge >= 0.3 is 0 Å². The van der Waals surface area contributed by atoms with Gasteiger partial charge in [0, 0.05) is 51.0 Å². The molecule has 0 radical (unpaired) electrons. The van der Waals surface area contributed by atoms with Crippen molar-refractivity contribution in [1.82, 2.24) is 0 Å². The molecule has 4 N–H and O–H groups in total. The molecule has 1 heterocycles. The van der Waals surface area contributed by atoms with Crippen LogP contribution in [0.15, 0.2) is 84.8 Å². The van der Waals surface area contributed by atoms with Crippen molar-refractivity contribution in [3.63, 3.8) is 0 Å². The molecule has 6 rings (SSSR count). The van der Waals surface area contributed by atoms with Crippen molar-refractivity contribution in [3.8, 4) is 33.9 Å². The Morgan fingerprint density at radius 3 is 1.79 bits per heavy atom. The van der Waals surface area contributed by atoms with Crippen LogP contribution in [0.25, 0.3) is 33.4 Å². The summed E-state index contributed by atoms with van der Waals surface area (Å²) in [5.41, 5.74) is 4.42. The van der Waals surface area contributed by atoms with Crippen molar-refractivity contribution in [2.45, 2.75) is 56.2 Å². The number of nitrogens with one attached hydrogen (secondary N) is 1. The van der Waals surface area contributed by atoms with Gasteiger partial charge in [-0.2, -0.15) is 25.3 Å². The Morgan fingerprint density at radius 1 is 0.625 bits per heavy atom. The molecule has 0 amide bonds. The van der Waals surface area contributed by atoms with Crippen LogP contribution in [0, 0.1) is 41.5 Å². The fraction of sp³-hybridized carbons (Fsp3) is 0.205. The summed E-state index contributed by atoms with van der Waals surface area (Å²) in [6.45, 7) is 10.8. The molecule has 2 aliphatic rings. The van der Waals surface area contributed by atoms with Crippen LogP contribution in [-0.2, 0) is 30.4 Å². The lowest BCUT2D eigenvalue weighted by Gasteiger charge is -2.21. The van der Waals surface area contributed by atoms with Crippen LogP contribution >= 0.6 is 0 Å². The maximum atomic E-state index is 13.1. The van der Waals surface area contributed by atoms with Crippen molar-refractivity contribution in [3.05, 3.63) is 99.4 Å². The molecule has 1 aliphatic heterocycles. The SMILES string of the molecule is COc1c(C)cc(C)c(N=c2cc3oc4cc(Nc5c(C)cc(C)c(OC)c5C)c(S(=O)(=O)O)cc4c(-c4ccccc4S(=O)(=O)O)c-3cc2S(=O)(=O)O)c1C. The number of methoxy groups -OCH3 is 2. The van der Waals surface area contributed by atoms with Gasteiger partial charge in [-0.15, -0.1) is 0 Å². The number of hydrogen-bond donors (Lipinski definition) is 4. The molecule has 294 valence electrons.